The van der Waals surface area contributed by atoms with Gasteiger partial charge in [-0.3, -0.25) is 0 Å². The smallest absolute Gasteiger partial charge is 0.120 e. The van der Waals surface area contributed by atoms with Crippen molar-refractivity contribution >= 4 is 6.29 Å². The molecule has 0 amide bonds. The largest absolute Gasteiger partial charge is 0.303 e. The summed E-state index contributed by atoms with van der Waals surface area (Å²) < 4.78 is 0. The quantitative estimate of drug-likeness (QED) is 0.522. The fourth-order valence-corrected chi connectivity index (χ4v) is 8.80. The Labute approximate surface area is 155 Å². The highest BCUT2D eigenvalue weighted by molar-refractivity contribution is 5.49. The van der Waals surface area contributed by atoms with E-state index in [1.54, 1.807) is 0 Å². The first kappa shape index (κ1) is 18.1. The predicted molar refractivity (Wildman–Crippen MR) is 104 cm³/mol. The lowest BCUT2D eigenvalue weighted by Gasteiger charge is -2.61. The van der Waals surface area contributed by atoms with E-state index in [0.717, 1.165) is 54.6 Å². The van der Waals surface area contributed by atoms with Gasteiger partial charge in [-0.25, -0.2) is 0 Å². The summed E-state index contributed by atoms with van der Waals surface area (Å²) in [5.74, 6) is 5.66. The molecule has 0 aliphatic heterocycles. The molecule has 0 aromatic carbocycles. The molecule has 4 rings (SSSR count). The van der Waals surface area contributed by atoms with Crippen LogP contribution in [0, 0.1) is 46.3 Å². The van der Waals surface area contributed by atoms with E-state index in [-0.39, 0.29) is 0 Å². The molecule has 1 nitrogen and oxygen atoms in total. The molecule has 0 N–H and O–H groups in total. The van der Waals surface area contributed by atoms with E-state index in [9.17, 15) is 4.79 Å². The molecular weight excluding hydrogens is 304 g/mol. The topological polar surface area (TPSA) is 17.1 Å². The first-order valence-electron chi connectivity index (χ1n) is 11.4. The fourth-order valence-electron chi connectivity index (χ4n) is 8.80. The number of fused-ring (bicyclic) bond motifs is 5. The Morgan fingerprint density at radius 1 is 0.920 bits per heavy atom. The predicted octanol–water partition coefficient (Wildman–Crippen LogP) is 6.65. The van der Waals surface area contributed by atoms with Gasteiger partial charge in [0.05, 0.1) is 0 Å². The van der Waals surface area contributed by atoms with Gasteiger partial charge in [0.15, 0.2) is 0 Å². The van der Waals surface area contributed by atoms with Crippen LogP contribution in [0.3, 0.4) is 0 Å². The van der Waals surface area contributed by atoms with Crippen molar-refractivity contribution in [2.45, 2.75) is 97.8 Å². The molecule has 0 aromatic heterocycles. The molecule has 0 saturated heterocycles. The molecule has 0 spiro atoms. The van der Waals surface area contributed by atoms with Gasteiger partial charge in [-0.2, -0.15) is 0 Å². The first-order chi connectivity index (χ1) is 12.0. The van der Waals surface area contributed by atoms with Gasteiger partial charge in [0.2, 0.25) is 0 Å². The number of carbonyl (C=O) groups excluding carboxylic acids is 1. The molecule has 5 unspecified atom stereocenters. The van der Waals surface area contributed by atoms with Crippen LogP contribution in [0.5, 0.6) is 0 Å². The van der Waals surface area contributed by atoms with E-state index in [1.165, 1.54) is 64.2 Å². The number of rotatable bonds is 4. The van der Waals surface area contributed by atoms with Crippen molar-refractivity contribution in [1.29, 1.82) is 0 Å². The van der Waals surface area contributed by atoms with Gasteiger partial charge in [-0.15, -0.1) is 0 Å². The summed E-state index contributed by atoms with van der Waals surface area (Å²) in [6, 6.07) is 0. The highest BCUT2D eigenvalue weighted by atomic mass is 16.1. The fraction of sp³-hybridized carbons (Fsp3) is 0.958. The van der Waals surface area contributed by atoms with E-state index in [0.29, 0.717) is 10.8 Å². The maximum atomic E-state index is 10.8. The number of hydrogen-bond acceptors (Lipinski definition) is 1. The lowest BCUT2D eigenvalue weighted by molar-refractivity contribution is -0.115. The molecule has 142 valence electrons. The monoisotopic (exact) mass is 344 g/mol. The van der Waals surface area contributed by atoms with Gasteiger partial charge < -0.3 is 4.79 Å². The van der Waals surface area contributed by atoms with Crippen molar-refractivity contribution < 1.29 is 4.79 Å². The second-order valence-corrected chi connectivity index (χ2v) is 10.9. The SMILES string of the molecule is CC(CCC=O)C1CCC2C3CC[C@@H]4CCCC[C@]4(C)C3CC[C@]12C. The van der Waals surface area contributed by atoms with Crippen LogP contribution in [0.25, 0.3) is 0 Å². The zero-order valence-electron chi connectivity index (χ0n) is 16.9. The zero-order valence-corrected chi connectivity index (χ0v) is 16.9. The van der Waals surface area contributed by atoms with Crippen LogP contribution in [-0.4, -0.2) is 6.29 Å². The third-order valence-electron chi connectivity index (χ3n) is 10.1. The van der Waals surface area contributed by atoms with Crippen LogP contribution in [0.2, 0.25) is 0 Å². The molecule has 8 atom stereocenters. The van der Waals surface area contributed by atoms with Gasteiger partial charge in [0.1, 0.15) is 6.29 Å². The molecule has 4 fully saturated rings. The van der Waals surface area contributed by atoms with Gasteiger partial charge >= 0.3 is 0 Å². The Bertz CT molecular complexity index is 498. The molecule has 4 aliphatic rings. The average Bonchev–Trinajstić information content (AvgIpc) is 2.96. The maximum Gasteiger partial charge on any atom is 0.120 e. The standard InChI is InChI=1S/C24H40O/c1-17(7-6-16-25)20-11-12-21-19-10-9-18-8-4-5-14-23(18,2)22(19)13-15-24(20,21)3/h16-22H,4-15H2,1-3H3/t17?,18-,19?,20?,21?,22?,23-,24+/m0/s1. The maximum absolute atomic E-state index is 10.8. The van der Waals surface area contributed by atoms with E-state index in [1.807, 2.05) is 0 Å². The number of carbonyl (C=O) groups is 1. The van der Waals surface area contributed by atoms with Crippen LogP contribution in [0.15, 0.2) is 0 Å². The third-order valence-corrected chi connectivity index (χ3v) is 10.1. The minimum absolute atomic E-state index is 0.571. The van der Waals surface area contributed by atoms with E-state index in [4.69, 9.17) is 0 Å². The molecule has 0 aromatic rings. The summed E-state index contributed by atoms with van der Waals surface area (Å²) in [6.45, 7) is 7.78. The zero-order chi connectivity index (χ0) is 17.7. The summed E-state index contributed by atoms with van der Waals surface area (Å²) in [5.41, 5.74) is 1.24. The van der Waals surface area contributed by atoms with Crippen LogP contribution in [0.1, 0.15) is 97.8 Å². The number of aldehydes is 1. The van der Waals surface area contributed by atoms with Crippen LogP contribution < -0.4 is 0 Å². The number of hydrogen-bond donors (Lipinski definition) is 0. The van der Waals surface area contributed by atoms with Crippen LogP contribution >= 0.6 is 0 Å². The first-order valence-corrected chi connectivity index (χ1v) is 11.4. The molecule has 0 heterocycles. The van der Waals surface area contributed by atoms with Crippen molar-refractivity contribution in [1.82, 2.24) is 0 Å². The van der Waals surface area contributed by atoms with Gasteiger partial charge in [-0.1, -0.05) is 33.6 Å². The normalized spacial score (nSPS) is 50.4. The summed E-state index contributed by atoms with van der Waals surface area (Å²) >= 11 is 0. The molecule has 1 heteroatoms. The summed E-state index contributed by atoms with van der Waals surface area (Å²) in [5, 5.41) is 0. The lowest BCUT2D eigenvalue weighted by atomic mass is 9.44. The Morgan fingerprint density at radius 2 is 1.72 bits per heavy atom. The molecule has 4 aliphatic carbocycles. The Morgan fingerprint density at radius 3 is 2.52 bits per heavy atom. The van der Waals surface area contributed by atoms with Crippen molar-refractivity contribution in [3.63, 3.8) is 0 Å². The minimum atomic E-state index is 0.571. The summed E-state index contributed by atoms with van der Waals surface area (Å²) in [6.07, 6.45) is 18.0. The molecule has 4 saturated carbocycles. The highest BCUT2D eigenvalue weighted by Crippen LogP contribution is 2.68. The van der Waals surface area contributed by atoms with Crippen LogP contribution in [-0.2, 0) is 4.79 Å². The Balaban J connectivity index is 1.54. The van der Waals surface area contributed by atoms with E-state index < -0.39 is 0 Å². The third kappa shape index (κ3) is 2.74. The molecule has 0 bridgehead atoms. The van der Waals surface area contributed by atoms with Crippen molar-refractivity contribution in [3.8, 4) is 0 Å². The Kier molecular flexibility index (Phi) is 4.82. The van der Waals surface area contributed by atoms with Crippen molar-refractivity contribution in [2.75, 3.05) is 0 Å². The van der Waals surface area contributed by atoms with Crippen molar-refractivity contribution in [2.24, 2.45) is 46.3 Å². The van der Waals surface area contributed by atoms with Gasteiger partial charge in [0.25, 0.3) is 0 Å². The lowest BCUT2D eigenvalue weighted by Crippen LogP contribution is -2.53. The molecule has 25 heavy (non-hydrogen) atoms. The minimum Gasteiger partial charge on any atom is -0.303 e. The Hall–Kier alpha value is -0.330. The summed E-state index contributed by atoms with van der Waals surface area (Å²) in [4.78, 5) is 10.8. The van der Waals surface area contributed by atoms with Crippen LogP contribution in [0.4, 0.5) is 0 Å². The highest BCUT2D eigenvalue weighted by Gasteiger charge is 2.59. The van der Waals surface area contributed by atoms with Gasteiger partial charge in [-0.05, 0) is 104 Å². The second-order valence-electron chi connectivity index (χ2n) is 10.9. The van der Waals surface area contributed by atoms with E-state index in [2.05, 4.69) is 20.8 Å². The second kappa shape index (κ2) is 6.68. The summed E-state index contributed by atoms with van der Waals surface area (Å²) in [7, 11) is 0. The molecular formula is C24H40O. The molecule has 0 radical (unpaired) electrons. The van der Waals surface area contributed by atoms with Crippen molar-refractivity contribution in [3.05, 3.63) is 0 Å². The van der Waals surface area contributed by atoms with Gasteiger partial charge in [0, 0.05) is 6.42 Å². The average molecular weight is 345 g/mol. The van der Waals surface area contributed by atoms with E-state index >= 15 is 0 Å².